The molecule has 0 unspecified atom stereocenters. The molecule has 0 aliphatic carbocycles. The van der Waals surface area contributed by atoms with Gasteiger partial charge in [-0.25, -0.2) is 13.2 Å². The second-order valence-electron chi connectivity index (χ2n) is 4.64. The summed E-state index contributed by atoms with van der Waals surface area (Å²) < 4.78 is 23.1. The molecule has 0 N–H and O–H groups in total. The van der Waals surface area contributed by atoms with Crippen LogP contribution in [0.1, 0.15) is 27.7 Å². The van der Waals surface area contributed by atoms with Crippen molar-refractivity contribution in [2.75, 3.05) is 25.4 Å². The van der Waals surface area contributed by atoms with Crippen LogP contribution in [0, 0.1) is 0 Å². The highest BCUT2D eigenvalue weighted by atomic mass is 32.2. The molecule has 0 saturated carbocycles. The van der Waals surface area contributed by atoms with E-state index in [4.69, 9.17) is 0 Å². The van der Waals surface area contributed by atoms with Gasteiger partial charge in [-0.2, -0.15) is 0 Å². The zero-order chi connectivity index (χ0) is 13.2. The number of rotatable bonds is 4. The first-order valence-corrected chi connectivity index (χ1v) is 7.82. The Morgan fingerprint density at radius 2 is 1.88 bits per heavy atom. The molecule has 1 heterocycles. The lowest BCUT2D eigenvalue weighted by Crippen LogP contribution is -2.61. The normalized spacial score (nSPS) is 17.1. The molecule has 1 aliphatic rings. The van der Waals surface area contributed by atoms with Gasteiger partial charge in [-0.05, 0) is 20.8 Å². The van der Waals surface area contributed by atoms with Crippen molar-refractivity contribution < 1.29 is 13.2 Å². The second-order valence-corrected chi connectivity index (χ2v) is 7.21. The van der Waals surface area contributed by atoms with E-state index in [0.717, 1.165) is 0 Å². The summed E-state index contributed by atoms with van der Waals surface area (Å²) in [5.74, 6) is 0.154. The number of carbonyl (C=O) groups excluding carboxylic acids is 1. The van der Waals surface area contributed by atoms with E-state index in [1.54, 1.807) is 16.7 Å². The van der Waals surface area contributed by atoms with Crippen molar-refractivity contribution in [2.24, 2.45) is 0 Å². The third kappa shape index (κ3) is 2.91. The van der Waals surface area contributed by atoms with Gasteiger partial charge in [0.05, 0.1) is 5.25 Å². The number of likely N-dealkylation sites (tertiary alicyclic amines) is 1. The van der Waals surface area contributed by atoms with Crippen molar-refractivity contribution in [2.45, 2.75) is 39.0 Å². The summed E-state index contributed by atoms with van der Waals surface area (Å²) in [4.78, 5) is 15.4. The van der Waals surface area contributed by atoms with E-state index in [-0.39, 0.29) is 23.1 Å². The minimum absolute atomic E-state index is 0.0509. The molecule has 0 aromatic heterocycles. The molecule has 1 saturated heterocycles. The number of amides is 2. The van der Waals surface area contributed by atoms with E-state index in [9.17, 15) is 13.2 Å². The van der Waals surface area contributed by atoms with Crippen LogP contribution in [0.15, 0.2) is 0 Å². The maximum Gasteiger partial charge on any atom is 0.320 e. The Morgan fingerprint density at radius 1 is 1.35 bits per heavy atom. The van der Waals surface area contributed by atoms with Crippen molar-refractivity contribution >= 4 is 15.9 Å². The van der Waals surface area contributed by atoms with Gasteiger partial charge in [-0.1, -0.05) is 6.92 Å². The first-order valence-electron chi connectivity index (χ1n) is 6.10. The lowest BCUT2D eigenvalue weighted by Gasteiger charge is -2.42. The van der Waals surface area contributed by atoms with Gasteiger partial charge in [0, 0.05) is 31.4 Å². The Morgan fingerprint density at radius 3 is 2.24 bits per heavy atom. The monoisotopic (exact) mass is 262 g/mol. The average Bonchev–Trinajstić information content (AvgIpc) is 2.15. The van der Waals surface area contributed by atoms with Crippen LogP contribution >= 0.6 is 0 Å². The Bertz CT molecular complexity index is 372. The molecule has 0 bridgehead atoms. The van der Waals surface area contributed by atoms with E-state index >= 15 is 0 Å². The number of hydrogen-bond donors (Lipinski definition) is 0. The molecule has 1 aliphatic heterocycles. The van der Waals surface area contributed by atoms with Crippen LogP contribution in [0.2, 0.25) is 0 Å². The van der Waals surface area contributed by atoms with Crippen LogP contribution in [0.3, 0.4) is 0 Å². The summed E-state index contributed by atoms with van der Waals surface area (Å²) in [6.45, 7) is 8.84. The molecule has 17 heavy (non-hydrogen) atoms. The van der Waals surface area contributed by atoms with Crippen molar-refractivity contribution in [3.8, 4) is 0 Å². The smallest absolute Gasteiger partial charge is 0.320 e. The number of carbonyl (C=O) groups is 1. The van der Waals surface area contributed by atoms with Gasteiger partial charge in [0.2, 0.25) is 0 Å². The van der Waals surface area contributed by atoms with Gasteiger partial charge in [0.15, 0.2) is 9.84 Å². The minimum Gasteiger partial charge on any atom is -0.323 e. The van der Waals surface area contributed by atoms with Crippen LogP contribution in [-0.4, -0.2) is 60.9 Å². The summed E-state index contributed by atoms with van der Waals surface area (Å²) in [7, 11) is -2.99. The number of urea groups is 1. The lowest BCUT2D eigenvalue weighted by molar-refractivity contribution is 0.120. The van der Waals surface area contributed by atoms with Gasteiger partial charge in [0.25, 0.3) is 0 Å². The van der Waals surface area contributed by atoms with Crippen molar-refractivity contribution in [1.82, 2.24) is 9.80 Å². The molecule has 1 fully saturated rings. The summed E-state index contributed by atoms with van der Waals surface area (Å²) in [6, 6.07) is 0.0967. The molecule has 6 heteroatoms. The van der Waals surface area contributed by atoms with Gasteiger partial charge in [0.1, 0.15) is 0 Å². The molecule has 0 aromatic carbocycles. The summed E-state index contributed by atoms with van der Waals surface area (Å²) in [6.07, 6.45) is 0. The first-order chi connectivity index (χ1) is 7.83. The zero-order valence-electron chi connectivity index (χ0n) is 11.0. The highest BCUT2D eigenvalue weighted by Gasteiger charge is 2.40. The van der Waals surface area contributed by atoms with Crippen LogP contribution < -0.4 is 0 Å². The van der Waals surface area contributed by atoms with Crippen LogP contribution in [0.25, 0.3) is 0 Å². The third-order valence-electron chi connectivity index (χ3n) is 3.24. The molecule has 0 aromatic rings. The highest BCUT2D eigenvalue weighted by Crippen LogP contribution is 2.19. The first kappa shape index (κ1) is 14.3. The van der Waals surface area contributed by atoms with Crippen LogP contribution in [-0.2, 0) is 9.84 Å². The van der Waals surface area contributed by atoms with Crippen LogP contribution in [0.5, 0.6) is 0 Å². The summed E-state index contributed by atoms with van der Waals surface area (Å²) in [5, 5.41) is -0.359. The molecular formula is C11H22N2O3S. The standard InChI is InChI=1S/C11H22N2O3S/c1-5-13(9(3)4)11(14)12-7-10(8-12)17(15,16)6-2/h9-10H,5-8H2,1-4H3. The predicted octanol–water partition coefficient (Wildman–Crippen LogP) is 0.956. The maximum atomic E-state index is 12.0. The maximum absolute atomic E-state index is 12.0. The molecule has 0 spiro atoms. The van der Waals surface area contributed by atoms with E-state index in [1.165, 1.54) is 0 Å². The molecule has 2 amide bonds. The lowest BCUT2D eigenvalue weighted by atomic mass is 10.2. The van der Waals surface area contributed by atoms with Crippen molar-refractivity contribution in [3.63, 3.8) is 0 Å². The van der Waals surface area contributed by atoms with Crippen molar-refractivity contribution in [1.29, 1.82) is 0 Å². The third-order valence-corrected chi connectivity index (χ3v) is 5.36. The molecule has 100 valence electrons. The van der Waals surface area contributed by atoms with Gasteiger partial charge >= 0.3 is 6.03 Å². The summed E-state index contributed by atoms with van der Waals surface area (Å²) in [5.41, 5.74) is 0. The predicted molar refractivity (Wildman–Crippen MR) is 67.7 cm³/mol. The van der Waals surface area contributed by atoms with E-state index in [0.29, 0.717) is 19.6 Å². The van der Waals surface area contributed by atoms with Gasteiger partial charge < -0.3 is 9.80 Å². The molecule has 1 rings (SSSR count). The fraction of sp³-hybridized carbons (Fsp3) is 0.909. The zero-order valence-corrected chi connectivity index (χ0v) is 11.8. The van der Waals surface area contributed by atoms with Crippen molar-refractivity contribution in [3.05, 3.63) is 0 Å². The summed E-state index contributed by atoms with van der Waals surface area (Å²) >= 11 is 0. The SMILES string of the molecule is CCN(C(=O)N1CC(S(=O)(=O)CC)C1)C(C)C. The molecule has 0 radical (unpaired) electrons. The number of hydrogen-bond acceptors (Lipinski definition) is 3. The van der Waals surface area contributed by atoms with E-state index in [1.807, 2.05) is 20.8 Å². The second kappa shape index (κ2) is 5.25. The largest absolute Gasteiger partial charge is 0.323 e. The minimum atomic E-state index is -2.99. The Balaban J connectivity index is 2.56. The molecular weight excluding hydrogens is 240 g/mol. The average molecular weight is 262 g/mol. The number of sulfone groups is 1. The van der Waals surface area contributed by atoms with E-state index < -0.39 is 9.84 Å². The van der Waals surface area contributed by atoms with Gasteiger partial charge in [-0.3, -0.25) is 0 Å². The topological polar surface area (TPSA) is 57.7 Å². The Kier molecular flexibility index (Phi) is 4.41. The van der Waals surface area contributed by atoms with Crippen LogP contribution in [0.4, 0.5) is 4.79 Å². The quantitative estimate of drug-likeness (QED) is 0.758. The Hall–Kier alpha value is -0.780. The fourth-order valence-corrected chi connectivity index (χ4v) is 3.25. The highest BCUT2D eigenvalue weighted by molar-refractivity contribution is 7.92. The van der Waals surface area contributed by atoms with E-state index in [2.05, 4.69) is 0 Å². The Labute approximate surface area is 104 Å². The number of nitrogens with zero attached hydrogens (tertiary/aromatic N) is 2. The molecule has 5 nitrogen and oxygen atoms in total. The molecule has 0 atom stereocenters. The fourth-order valence-electron chi connectivity index (χ4n) is 1.96. The van der Waals surface area contributed by atoms with Gasteiger partial charge in [-0.15, -0.1) is 0 Å².